The summed E-state index contributed by atoms with van der Waals surface area (Å²) in [7, 11) is 0. The van der Waals surface area contributed by atoms with Gasteiger partial charge in [-0.15, -0.1) is 10.2 Å². The molecule has 0 saturated heterocycles. The normalized spacial score (nSPS) is 22.6. The molecule has 1 saturated carbocycles. The zero-order chi connectivity index (χ0) is 25.6. The van der Waals surface area contributed by atoms with Crippen molar-refractivity contribution >= 4 is 57.2 Å². The van der Waals surface area contributed by atoms with Crippen molar-refractivity contribution < 1.29 is 4.79 Å². The number of nitriles is 1. The molecule has 5 rings (SSSR count). The molecule has 1 aromatic heterocycles. The molecule has 1 unspecified atom stereocenters. The summed E-state index contributed by atoms with van der Waals surface area (Å²) < 4.78 is 0.887. The Morgan fingerprint density at radius 2 is 1.92 bits per heavy atom. The van der Waals surface area contributed by atoms with Gasteiger partial charge in [-0.25, -0.2) is 0 Å². The molecule has 36 heavy (non-hydrogen) atoms. The fourth-order valence-electron chi connectivity index (χ4n) is 5.42. The number of ketones is 1. The molecule has 3 aliphatic rings. The third-order valence-corrected chi connectivity index (χ3v) is 10.1. The van der Waals surface area contributed by atoms with E-state index in [-0.39, 0.29) is 17.0 Å². The average Bonchev–Trinajstić information content (AvgIpc) is 3.27. The van der Waals surface area contributed by atoms with E-state index in [1.54, 1.807) is 34.9 Å². The monoisotopic (exact) mass is 559 g/mol. The summed E-state index contributed by atoms with van der Waals surface area (Å²) in [6.45, 7) is 4.15. The summed E-state index contributed by atoms with van der Waals surface area (Å²) >= 11 is 15.7. The van der Waals surface area contributed by atoms with Gasteiger partial charge in [0.15, 0.2) is 10.1 Å². The number of allylic oxidation sites excluding steroid dienone is 3. The summed E-state index contributed by atoms with van der Waals surface area (Å²) in [4.78, 5) is 15.4. The summed E-state index contributed by atoms with van der Waals surface area (Å²) in [6.07, 6.45) is 7.18. The SMILES string of the molecule is CC1(C)CC(=O)C2=C(C1)N(c1nnc(SC3CCCCC3)s1)C(N)=C(C#N)C2c1ccc(Cl)c(Cl)c1. The van der Waals surface area contributed by atoms with Crippen LogP contribution in [0, 0.1) is 16.7 Å². The van der Waals surface area contributed by atoms with E-state index in [2.05, 4.69) is 30.1 Å². The Balaban J connectivity index is 1.61. The van der Waals surface area contributed by atoms with Gasteiger partial charge >= 0.3 is 0 Å². The Kier molecular flexibility index (Phi) is 7.12. The van der Waals surface area contributed by atoms with Gasteiger partial charge < -0.3 is 5.73 Å². The number of halogens is 2. The molecule has 2 N–H and O–H groups in total. The second kappa shape index (κ2) is 10.0. The van der Waals surface area contributed by atoms with Gasteiger partial charge in [0.05, 0.1) is 27.6 Å². The van der Waals surface area contributed by atoms with Crippen LogP contribution in [-0.4, -0.2) is 21.2 Å². The van der Waals surface area contributed by atoms with Crippen molar-refractivity contribution in [1.82, 2.24) is 10.2 Å². The van der Waals surface area contributed by atoms with Crippen LogP contribution in [0.4, 0.5) is 5.13 Å². The van der Waals surface area contributed by atoms with Crippen molar-refractivity contribution in [2.45, 2.75) is 74.3 Å². The molecule has 0 spiro atoms. The van der Waals surface area contributed by atoms with Crippen LogP contribution in [0.1, 0.15) is 70.3 Å². The van der Waals surface area contributed by atoms with E-state index in [9.17, 15) is 10.1 Å². The number of benzene rings is 1. The maximum Gasteiger partial charge on any atom is 0.219 e. The minimum atomic E-state index is -0.608. The van der Waals surface area contributed by atoms with Gasteiger partial charge in [0, 0.05) is 22.9 Å². The van der Waals surface area contributed by atoms with Crippen molar-refractivity contribution in [3.8, 4) is 6.07 Å². The number of thioether (sulfide) groups is 1. The van der Waals surface area contributed by atoms with Gasteiger partial charge in [0.25, 0.3) is 0 Å². The largest absolute Gasteiger partial charge is 0.384 e. The Bertz CT molecular complexity index is 1320. The molecule has 1 atom stereocenters. The van der Waals surface area contributed by atoms with Crippen molar-refractivity contribution in [2.75, 3.05) is 4.90 Å². The minimum absolute atomic E-state index is 0.00360. The van der Waals surface area contributed by atoms with Crippen molar-refractivity contribution in [2.24, 2.45) is 11.1 Å². The van der Waals surface area contributed by atoms with Crippen molar-refractivity contribution in [3.05, 3.63) is 56.5 Å². The number of Topliss-reactive ketones (excluding diaryl/α,β-unsaturated/α-hetero) is 1. The van der Waals surface area contributed by atoms with Gasteiger partial charge in [0.2, 0.25) is 5.13 Å². The third kappa shape index (κ3) is 4.79. The first kappa shape index (κ1) is 25.6. The minimum Gasteiger partial charge on any atom is -0.384 e. The molecule has 0 radical (unpaired) electrons. The second-order valence-corrected chi connectivity index (χ2v) is 13.7. The number of nitrogens with zero attached hydrogens (tertiary/aromatic N) is 4. The van der Waals surface area contributed by atoms with E-state index in [0.29, 0.717) is 44.4 Å². The standard InChI is InChI=1S/C26H27Cl2N5OS2/c1-26(2)11-19-22(20(34)12-26)21(14-8-9-17(27)18(28)10-14)16(13-29)23(30)33(19)24-31-32-25(36-24)35-15-6-4-3-5-7-15/h8-10,15,21H,3-7,11-12,30H2,1-2H3. The first-order valence-electron chi connectivity index (χ1n) is 12.1. The van der Waals surface area contributed by atoms with Crippen LogP contribution in [-0.2, 0) is 4.79 Å². The van der Waals surface area contributed by atoms with Crippen LogP contribution >= 0.6 is 46.3 Å². The number of anilines is 1. The average molecular weight is 561 g/mol. The van der Waals surface area contributed by atoms with E-state index < -0.39 is 5.92 Å². The van der Waals surface area contributed by atoms with Crippen LogP contribution in [0.15, 0.2) is 45.2 Å². The lowest BCUT2D eigenvalue weighted by Gasteiger charge is -2.42. The van der Waals surface area contributed by atoms with E-state index in [1.165, 1.54) is 43.4 Å². The summed E-state index contributed by atoms with van der Waals surface area (Å²) in [5.74, 6) is -0.323. The molecular weight excluding hydrogens is 533 g/mol. The highest BCUT2D eigenvalue weighted by Gasteiger charge is 2.45. The number of carbonyl (C=O) groups is 1. The lowest BCUT2D eigenvalue weighted by molar-refractivity contribution is -0.118. The summed E-state index contributed by atoms with van der Waals surface area (Å²) in [5.41, 5.74) is 8.83. The lowest BCUT2D eigenvalue weighted by atomic mass is 9.69. The van der Waals surface area contributed by atoms with E-state index in [0.717, 1.165) is 15.6 Å². The number of hydrogen-bond donors (Lipinski definition) is 1. The molecule has 1 fully saturated rings. The first-order valence-corrected chi connectivity index (χ1v) is 14.5. The second-order valence-electron chi connectivity index (χ2n) is 10.4. The lowest BCUT2D eigenvalue weighted by Crippen LogP contribution is -2.42. The highest BCUT2D eigenvalue weighted by molar-refractivity contribution is 8.01. The van der Waals surface area contributed by atoms with Gasteiger partial charge in [0.1, 0.15) is 5.82 Å². The molecule has 0 amide bonds. The molecule has 0 bridgehead atoms. The maximum atomic E-state index is 13.6. The number of rotatable bonds is 4. The molecular formula is C26H27Cl2N5OS2. The van der Waals surface area contributed by atoms with Gasteiger partial charge in [-0.05, 0) is 42.4 Å². The maximum absolute atomic E-state index is 13.6. The predicted octanol–water partition coefficient (Wildman–Crippen LogP) is 7.21. The Morgan fingerprint density at radius 1 is 1.17 bits per heavy atom. The topological polar surface area (TPSA) is 95.9 Å². The zero-order valence-corrected chi connectivity index (χ0v) is 23.3. The van der Waals surface area contributed by atoms with E-state index in [1.807, 2.05) is 0 Å². The number of hydrogen-bond acceptors (Lipinski definition) is 8. The van der Waals surface area contributed by atoms with Crippen molar-refractivity contribution in [1.29, 1.82) is 5.26 Å². The van der Waals surface area contributed by atoms with Crippen LogP contribution < -0.4 is 10.6 Å². The first-order chi connectivity index (χ1) is 17.2. The summed E-state index contributed by atoms with van der Waals surface area (Å²) in [5, 5.41) is 21.1. The van der Waals surface area contributed by atoms with Gasteiger partial charge in [-0.1, -0.05) is 85.5 Å². The molecule has 188 valence electrons. The van der Waals surface area contributed by atoms with Gasteiger partial charge in [-0.2, -0.15) is 5.26 Å². The van der Waals surface area contributed by atoms with Crippen LogP contribution in [0.2, 0.25) is 10.0 Å². The van der Waals surface area contributed by atoms with Crippen LogP contribution in [0.25, 0.3) is 0 Å². The summed E-state index contributed by atoms with van der Waals surface area (Å²) in [6, 6.07) is 7.50. The molecule has 6 nitrogen and oxygen atoms in total. The quantitative estimate of drug-likeness (QED) is 0.422. The van der Waals surface area contributed by atoms with Crippen LogP contribution in [0.3, 0.4) is 0 Å². The molecule has 2 aliphatic carbocycles. The van der Waals surface area contributed by atoms with E-state index >= 15 is 0 Å². The van der Waals surface area contributed by atoms with Crippen LogP contribution in [0.5, 0.6) is 0 Å². The highest BCUT2D eigenvalue weighted by Crippen LogP contribution is 2.51. The molecule has 10 heteroatoms. The fourth-order valence-corrected chi connectivity index (χ4v) is 8.11. The molecule has 1 aromatic carbocycles. The number of carbonyl (C=O) groups excluding carboxylic acids is 1. The molecule has 2 aromatic rings. The smallest absolute Gasteiger partial charge is 0.219 e. The molecule has 2 heterocycles. The van der Waals surface area contributed by atoms with Crippen molar-refractivity contribution in [3.63, 3.8) is 0 Å². The third-order valence-electron chi connectivity index (χ3n) is 7.06. The van der Waals surface area contributed by atoms with E-state index in [4.69, 9.17) is 28.9 Å². The zero-order valence-electron chi connectivity index (χ0n) is 20.2. The fraction of sp³-hybridized carbons (Fsp3) is 0.462. The number of nitrogens with two attached hydrogens (primary N) is 1. The van der Waals surface area contributed by atoms with Gasteiger partial charge in [-0.3, -0.25) is 9.69 Å². The Hall–Kier alpha value is -2.05. The molecule has 1 aliphatic heterocycles. The Morgan fingerprint density at radius 3 is 2.61 bits per heavy atom. The Labute approximate surface area is 229 Å². The predicted molar refractivity (Wildman–Crippen MR) is 146 cm³/mol. The number of aromatic nitrogens is 2. The highest BCUT2D eigenvalue weighted by atomic mass is 35.5.